The molecule has 25 heavy (non-hydrogen) atoms. The highest BCUT2D eigenvalue weighted by Gasteiger charge is 2.37. The molecule has 2 aromatic rings. The second kappa shape index (κ2) is 6.01. The van der Waals surface area contributed by atoms with Gasteiger partial charge in [-0.1, -0.05) is 38.9 Å². The van der Waals surface area contributed by atoms with Crippen molar-refractivity contribution in [1.29, 1.82) is 0 Å². The first-order valence-corrected chi connectivity index (χ1v) is 8.95. The third kappa shape index (κ3) is 3.10. The molecule has 134 valence electrons. The third-order valence-corrected chi connectivity index (χ3v) is 5.46. The first-order valence-electron chi connectivity index (χ1n) is 8.95. The Bertz CT molecular complexity index is 815. The van der Waals surface area contributed by atoms with Gasteiger partial charge in [0, 0.05) is 11.6 Å². The van der Waals surface area contributed by atoms with Gasteiger partial charge in [0.1, 0.15) is 0 Å². The van der Waals surface area contributed by atoms with Crippen molar-refractivity contribution in [3.8, 4) is 11.3 Å². The minimum absolute atomic E-state index is 0.122. The fraction of sp³-hybridized carbons (Fsp3) is 0.524. The van der Waals surface area contributed by atoms with Crippen molar-refractivity contribution in [3.05, 3.63) is 40.6 Å². The minimum atomic E-state index is -0.449. The fourth-order valence-electron chi connectivity index (χ4n) is 3.69. The molecule has 0 unspecified atom stereocenters. The van der Waals surface area contributed by atoms with Crippen molar-refractivity contribution in [1.82, 2.24) is 5.16 Å². The SMILES string of the molecule is CCOC(=O)c1cc(-c2cc3c(cc2C)C(C)(C)CCC3(C)C)on1. The number of ether oxygens (including phenoxy) is 1. The van der Waals surface area contributed by atoms with Crippen LogP contribution in [0.25, 0.3) is 11.3 Å². The third-order valence-electron chi connectivity index (χ3n) is 5.46. The number of benzene rings is 1. The number of aromatic nitrogens is 1. The topological polar surface area (TPSA) is 52.3 Å². The van der Waals surface area contributed by atoms with Gasteiger partial charge in [-0.3, -0.25) is 0 Å². The molecule has 4 heteroatoms. The highest BCUT2D eigenvalue weighted by Crippen LogP contribution is 2.47. The molecule has 0 spiro atoms. The van der Waals surface area contributed by atoms with Crippen LogP contribution < -0.4 is 0 Å². The zero-order chi connectivity index (χ0) is 18.4. The highest BCUT2D eigenvalue weighted by atomic mass is 16.5. The summed E-state index contributed by atoms with van der Waals surface area (Å²) in [6.45, 7) is 13.4. The summed E-state index contributed by atoms with van der Waals surface area (Å²) < 4.78 is 10.5. The lowest BCUT2D eigenvalue weighted by atomic mass is 9.62. The van der Waals surface area contributed by atoms with E-state index in [0.717, 1.165) is 17.5 Å². The molecule has 1 aliphatic carbocycles. The van der Waals surface area contributed by atoms with Crippen molar-refractivity contribution in [2.45, 2.75) is 65.2 Å². The predicted molar refractivity (Wildman–Crippen MR) is 97.9 cm³/mol. The van der Waals surface area contributed by atoms with Gasteiger partial charge in [-0.05, 0) is 60.3 Å². The molecule has 0 saturated carbocycles. The second-order valence-electron chi connectivity index (χ2n) is 8.28. The minimum Gasteiger partial charge on any atom is -0.461 e. The monoisotopic (exact) mass is 341 g/mol. The molecule has 1 aromatic carbocycles. The Morgan fingerprint density at radius 3 is 2.32 bits per heavy atom. The molecule has 0 fully saturated rings. The van der Waals surface area contributed by atoms with Crippen LogP contribution in [0.2, 0.25) is 0 Å². The van der Waals surface area contributed by atoms with Crippen LogP contribution in [0, 0.1) is 6.92 Å². The van der Waals surface area contributed by atoms with Crippen molar-refractivity contribution in [2.24, 2.45) is 0 Å². The molecule has 4 nitrogen and oxygen atoms in total. The molecular formula is C21H27NO3. The molecule has 1 aliphatic rings. The number of hydrogen-bond donors (Lipinski definition) is 0. The zero-order valence-electron chi connectivity index (χ0n) is 16.0. The van der Waals surface area contributed by atoms with E-state index in [1.54, 1.807) is 13.0 Å². The molecule has 0 bridgehead atoms. The van der Waals surface area contributed by atoms with Crippen LogP contribution in [0.4, 0.5) is 0 Å². The number of fused-ring (bicyclic) bond motifs is 1. The van der Waals surface area contributed by atoms with E-state index in [1.165, 1.54) is 17.5 Å². The number of rotatable bonds is 3. The Hall–Kier alpha value is -2.10. The maximum Gasteiger partial charge on any atom is 0.360 e. The van der Waals surface area contributed by atoms with E-state index in [1.807, 2.05) is 0 Å². The van der Waals surface area contributed by atoms with Crippen LogP contribution in [0.5, 0.6) is 0 Å². The summed E-state index contributed by atoms with van der Waals surface area (Å²) in [5, 5.41) is 3.88. The van der Waals surface area contributed by atoms with Crippen LogP contribution in [0.3, 0.4) is 0 Å². The van der Waals surface area contributed by atoms with Gasteiger partial charge in [-0.2, -0.15) is 0 Å². The van der Waals surface area contributed by atoms with Crippen molar-refractivity contribution < 1.29 is 14.1 Å². The van der Waals surface area contributed by atoms with Gasteiger partial charge in [0.25, 0.3) is 0 Å². The number of carbonyl (C=O) groups excluding carboxylic acids is 1. The first kappa shape index (κ1) is 17.7. The number of carbonyl (C=O) groups is 1. The van der Waals surface area contributed by atoms with Gasteiger partial charge >= 0.3 is 5.97 Å². The largest absolute Gasteiger partial charge is 0.461 e. The Morgan fingerprint density at radius 1 is 1.12 bits per heavy atom. The Kier molecular flexibility index (Phi) is 4.26. The normalized spacial score (nSPS) is 17.8. The molecule has 0 aliphatic heterocycles. The van der Waals surface area contributed by atoms with Gasteiger partial charge in [0.05, 0.1) is 6.61 Å². The van der Waals surface area contributed by atoms with Crippen LogP contribution in [-0.4, -0.2) is 17.7 Å². The predicted octanol–water partition coefficient (Wildman–Crippen LogP) is 5.18. The van der Waals surface area contributed by atoms with Crippen molar-refractivity contribution in [2.75, 3.05) is 6.61 Å². The lowest BCUT2D eigenvalue weighted by Crippen LogP contribution is -2.34. The summed E-state index contributed by atoms with van der Waals surface area (Å²) in [5.74, 6) is 0.164. The average molecular weight is 341 g/mol. The summed E-state index contributed by atoms with van der Waals surface area (Å²) >= 11 is 0. The van der Waals surface area contributed by atoms with E-state index in [9.17, 15) is 4.79 Å². The van der Waals surface area contributed by atoms with Crippen molar-refractivity contribution >= 4 is 5.97 Å². The lowest BCUT2D eigenvalue weighted by Gasteiger charge is -2.42. The number of aryl methyl sites for hydroxylation is 1. The Morgan fingerprint density at radius 2 is 1.72 bits per heavy atom. The molecule has 1 aromatic heterocycles. The van der Waals surface area contributed by atoms with Gasteiger partial charge in [-0.25, -0.2) is 4.79 Å². The zero-order valence-corrected chi connectivity index (χ0v) is 16.0. The van der Waals surface area contributed by atoms with Crippen LogP contribution in [-0.2, 0) is 15.6 Å². The fourth-order valence-corrected chi connectivity index (χ4v) is 3.69. The smallest absolute Gasteiger partial charge is 0.360 e. The van der Waals surface area contributed by atoms with E-state index in [-0.39, 0.29) is 16.5 Å². The van der Waals surface area contributed by atoms with Crippen LogP contribution in [0.1, 0.15) is 74.6 Å². The molecule has 0 saturated heterocycles. The molecule has 0 radical (unpaired) electrons. The molecule has 0 amide bonds. The molecular weight excluding hydrogens is 314 g/mol. The lowest BCUT2D eigenvalue weighted by molar-refractivity contribution is 0.0514. The summed E-state index contributed by atoms with van der Waals surface area (Å²) in [6.07, 6.45) is 2.33. The second-order valence-corrected chi connectivity index (χ2v) is 8.28. The summed E-state index contributed by atoms with van der Waals surface area (Å²) in [4.78, 5) is 11.9. The standard InChI is InChI=1S/C21H27NO3/c1-7-24-19(23)17-12-18(25-22-17)14-11-16-15(10-13(14)2)20(3,4)8-9-21(16,5)6/h10-12H,7-9H2,1-6H3. The van der Waals surface area contributed by atoms with Gasteiger partial charge in [-0.15, -0.1) is 0 Å². The van der Waals surface area contributed by atoms with Gasteiger partial charge < -0.3 is 9.26 Å². The van der Waals surface area contributed by atoms with E-state index < -0.39 is 5.97 Å². The average Bonchev–Trinajstić information content (AvgIpc) is 3.02. The first-order chi connectivity index (χ1) is 11.7. The Labute approximate surface area is 149 Å². The van der Waals surface area contributed by atoms with E-state index in [2.05, 4.69) is 51.9 Å². The van der Waals surface area contributed by atoms with Crippen LogP contribution >= 0.6 is 0 Å². The summed E-state index contributed by atoms with van der Waals surface area (Å²) in [5.41, 5.74) is 5.41. The van der Waals surface area contributed by atoms with Crippen molar-refractivity contribution in [3.63, 3.8) is 0 Å². The summed E-state index contributed by atoms with van der Waals surface area (Å²) in [6, 6.07) is 6.17. The Balaban J connectivity index is 2.09. The molecule has 0 atom stereocenters. The van der Waals surface area contributed by atoms with Crippen LogP contribution in [0.15, 0.2) is 22.7 Å². The van der Waals surface area contributed by atoms with E-state index in [0.29, 0.717) is 12.4 Å². The van der Waals surface area contributed by atoms with Gasteiger partial charge in [0.2, 0.25) is 0 Å². The summed E-state index contributed by atoms with van der Waals surface area (Å²) in [7, 11) is 0. The number of nitrogens with zero attached hydrogens (tertiary/aromatic N) is 1. The molecule has 1 heterocycles. The molecule has 0 N–H and O–H groups in total. The quantitative estimate of drug-likeness (QED) is 0.722. The van der Waals surface area contributed by atoms with E-state index in [4.69, 9.17) is 9.26 Å². The van der Waals surface area contributed by atoms with E-state index >= 15 is 0 Å². The molecule has 3 rings (SSSR count). The maximum absolute atomic E-state index is 11.9. The highest BCUT2D eigenvalue weighted by molar-refractivity contribution is 5.88. The number of esters is 1. The maximum atomic E-state index is 11.9. The number of hydrogen-bond acceptors (Lipinski definition) is 4. The van der Waals surface area contributed by atoms with Gasteiger partial charge in [0.15, 0.2) is 11.5 Å².